The first kappa shape index (κ1) is 16.2. The maximum atomic E-state index is 12.1. The highest BCUT2D eigenvalue weighted by Gasteiger charge is 2.16. The lowest BCUT2D eigenvalue weighted by Gasteiger charge is -2.26. The smallest absolute Gasteiger partial charge is 0.340 e. The number of aromatic nitrogens is 3. The van der Waals surface area contributed by atoms with E-state index < -0.39 is 0 Å². The van der Waals surface area contributed by atoms with Crippen LogP contribution in [0.15, 0.2) is 30.5 Å². The van der Waals surface area contributed by atoms with Crippen LogP contribution in [0.5, 0.6) is 0 Å². The summed E-state index contributed by atoms with van der Waals surface area (Å²) in [5.41, 5.74) is 1.11. The summed E-state index contributed by atoms with van der Waals surface area (Å²) in [6.07, 6.45) is 5.09. The van der Waals surface area contributed by atoms with Crippen molar-refractivity contribution < 1.29 is 9.53 Å². The van der Waals surface area contributed by atoms with Crippen molar-refractivity contribution in [2.45, 2.75) is 26.2 Å². The van der Waals surface area contributed by atoms with Gasteiger partial charge in [-0.05, 0) is 38.3 Å². The van der Waals surface area contributed by atoms with E-state index in [4.69, 9.17) is 4.74 Å². The number of esters is 1. The molecule has 3 rings (SSSR count). The Morgan fingerprint density at radius 3 is 2.83 bits per heavy atom. The number of rotatable bonds is 5. The van der Waals surface area contributed by atoms with Crippen LogP contribution < -0.4 is 10.2 Å². The Morgan fingerprint density at radius 1 is 1.25 bits per heavy atom. The highest BCUT2D eigenvalue weighted by atomic mass is 16.5. The van der Waals surface area contributed by atoms with E-state index in [0.717, 1.165) is 25.9 Å². The Morgan fingerprint density at radius 2 is 2.04 bits per heavy atom. The van der Waals surface area contributed by atoms with Gasteiger partial charge in [-0.25, -0.2) is 4.79 Å². The fraction of sp³-hybridized carbons (Fsp3) is 0.412. The molecule has 0 saturated carbocycles. The maximum Gasteiger partial charge on any atom is 0.340 e. The molecule has 0 aliphatic carbocycles. The van der Waals surface area contributed by atoms with Crippen LogP contribution in [0.3, 0.4) is 0 Å². The number of ether oxygens (including phenoxy) is 1. The SMILES string of the molecule is CCOC(=O)c1ccccc1Nc1cnnc(N2CCCCC2)n1. The number of nitrogens with one attached hydrogen (secondary N) is 1. The molecule has 0 radical (unpaired) electrons. The van der Waals surface area contributed by atoms with Gasteiger partial charge >= 0.3 is 5.97 Å². The second kappa shape index (κ2) is 7.72. The first-order valence-corrected chi connectivity index (χ1v) is 8.26. The Balaban J connectivity index is 1.80. The Kier molecular flexibility index (Phi) is 5.20. The van der Waals surface area contributed by atoms with Gasteiger partial charge in [0.1, 0.15) is 0 Å². The van der Waals surface area contributed by atoms with Gasteiger partial charge in [0.05, 0.1) is 24.1 Å². The molecule has 7 heteroatoms. The van der Waals surface area contributed by atoms with Gasteiger partial charge in [-0.1, -0.05) is 12.1 Å². The number of para-hydroxylation sites is 1. The van der Waals surface area contributed by atoms with Crippen LogP contribution in [0, 0.1) is 0 Å². The van der Waals surface area contributed by atoms with Gasteiger partial charge in [0.15, 0.2) is 5.82 Å². The van der Waals surface area contributed by atoms with Crippen molar-refractivity contribution in [3.63, 3.8) is 0 Å². The largest absolute Gasteiger partial charge is 0.462 e. The molecule has 0 atom stereocenters. The van der Waals surface area contributed by atoms with Crippen molar-refractivity contribution in [2.75, 3.05) is 29.9 Å². The molecular formula is C17H21N5O2. The minimum atomic E-state index is -0.362. The number of hydrogen-bond acceptors (Lipinski definition) is 7. The fourth-order valence-electron chi connectivity index (χ4n) is 2.70. The van der Waals surface area contributed by atoms with E-state index in [9.17, 15) is 4.79 Å². The van der Waals surface area contributed by atoms with Crippen molar-refractivity contribution in [2.24, 2.45) is 0 Å². The zero-order valence-corrected chi connectivity index (χ0v) is 13.7. The van der Waals surface area contributed by atoms with Gasteiger partial charge in [-0.15, -0.1) is 5.10 Å². The number of carbonyl (C=O) groups excluding carboxylic acids is 1. The summed E-state index contributed by atoms with van der Waals surface area (Å²) in [5, 5.41) is 11.3. The molecule has 1 aromatic heterocycles. The molecule has 1 saturated heterocycles. The van der Waals surface area contributed by atoms with Crippen molar-refractivity contribution in [3.05, 3.63) is 36.0 Å². The van der Waals surface area contributed by atoms with Gasteiger partial charge in [0.25, 0.3) is 0 Å². The number of anilines is 3. The summed E-state index contributed by atoms with van der Waals surface area (Å²) >= 11 is 0. The van der Waals surface area contributed by atoms with E-state index in [1.807, 2.05) is 12.1 Å². The molecule has 1 N–H and O–H groups in total. The Labute approximate surface area is 141 Å². The first-order chi connectivity index (χ1) is 11.8. The number of hydrogen-bond donors (Lipinski definition) is 1. The van der Waals surface area contributed by atoms with E-state index in [1.54, 1.807) is 25.3 Å². The van der Waals surface area contributed by atoms with Crippen LogP contribution in [-0.4, -0.2) is 40.8 Å². The van der Waals surface area contributed by atoms with Crippen LogP contribution in [-0.2, 0) is 4.74 Å². The highest BCUT2D eigenvalue weighted by molar-refractivity contribution is 5.96. The molecule has 0 spiro atoms. The summed E-state index contributed by atoms with van der Waals surface area (Å²) in [6.45, 7) is 4.02. The third-order valence-electron chi connectivity index (χ3n) is 3.87. The molecule has 0 unspecified atom stereocenters. The fourth-order valence-corrected chi connectivity index (χ4v) is 2.70. The zero-order chi connectivity index (χ0) is 16.8. The monoisotopic (exact) mass is 327 g/mol. The molecular weight excluding hydrogens is 306 g/mol. The molecule has 1 fully saturated rings. The molecule has 2 heterocycles. The molecule has 126 valence electrons. The molecule has 0 amide bonds. The molecule has 0 bridgehead atoms. The van der Waals surface area contributed by atoms with Gasteiger partial charge in [0.2, 0.25) is 5.95 Å². The lowest BCUT2D eigenvalue weighted by atomic mass is 10.1. The standard InChI is InChI=1S/C17H21N5O2/c1-2-24-16(23)13-8-4-5-9-14(13)19-15-12-18-21-17(20-15)22-10-6-3-7-11-22/h4-5,8-9,12H,2-3,6-7,10-11H2,1H3,(H,19,20,21). The van der Waals surface area contributed by atoms with Crippen molar-refractivity contribution in [3.8, 4) is 0 Å². The van der Waals surface area contributed by atoms with Crippen LogP contribution in [0.4, 0.5) is 17.5 Å². The number of piperidine rings is 1. The van der Waals surface area contributed by atoms with Gasteiger partial charge in [-0.3, -0.25) is 0 Å². The van der Waals surface area contributed by atoms with Gasteiger partial charge in [0, 0.05) is 13.1 Å². The average Bonchev–Trinajstić information content (AvgIpc) is 2.63. The van der Waals surface area contributed by atoms with Crippen molar-refractivity contribution >= 4 is 23.4 Å². The van der Waals surface area contributed by atoms with Crippen LogP contribution in [0.25, 0.3) is 0 Å². The van der Waals surface area contributed by atoms with E-state index in [0.29, 0.717) is 29.6 Å². The Hall–Kier alpha value is -2.70. The second-order valence-electron chi connectivity index (χ2n) is 5.58. The van der Waals surface area contributed by atoms with Crippen molar-refractivity contribution in [1.29, 1.82) is 0 Å². The third kappa shape index (κ3) is 3.79. The predicted octanol–water partition coefficient (Wildman–Crippen LogP) is 2.78. The van der Waals surface area contributed by atoms with E-state index in [1.165, 1.54) is 6.42 Å². The van der Waals surface area contributed by atoms with E-state index in [-0.39, 0.29) is 5.97 Å². The zero-order valence-electron chi connectivity index (χ0n) is 13.7. The minimum Gasteiger partial charge on any atom is -0.462 e. The highest BCUT2D eigenvalue weighted by Crippen LogP contribution is 2.22. The molecule has 1 aliphatic rings. The normalized spacial score (nSPS) is 14.3. The summed E-state index contributed by atoms with van der Waals surface area (Å²) in [4.78, 5) is 18.7. The van der Waals surface area contributed by atoms with Crippen LogP contribution in [0.1, 0.15) is 36.5 Å². The number of nitrogens with zero attached hydrogens (tertiary/aromatic N) is 4. The first-order valence-electron chi connectivity index (χ1n) is 8.26. The molecule has 2 aromatic rings. The summed E-state index contributed by atoms with van der Waals surface area (Å²) in [5.74, 6) is 0.814. The second-order valence-corrected chi connectivity index (χ2v) is 5.58. The predicted molar refractivity (Wildman–Crippen MR) is 91.6 cm³/mol. The molecule has 24 heavy (non-hydrogen) atoms. The minimum absolute atomic E-state index is 0.335. The summed E-state index contributed by atoms with van der Waals surface area (Å²) < 4.78 is 5.09. The van der Waals surface area contributed by atoms with Gasteiger partial charge in [-0.2, -0.15) is 10.1 Å². The molecule has 7 nitrogen and oxygen atoms in total. The lowest BCUT2D eigenvalue weighted by Crippen LogP contribution is -2.31. The quantitative estimate of drug-likeness (QED) is 0.846. The topological polar surface area (TPSA) is 80.2 Å². The Bertz CT molecular complexity index is 701. The molecule has 1 aliphatic heterocycles. The summed E-state index contributed by atoms with van der Waals surface area (Å²) in [7, 11) is 0. The van der Waals surface area contributed by atoms with Crippen molar-refractivity contribution in [1.82, 2.24) is 15.2 Å². The van der Waals surface area contributed by atoms with E-state index in [2.05, 4.69) is 25.4 Å². The van der Waals surface area contributed by atoms with Gasteiger partial charge < -0.3 is 15.0 Å². The van der Waals surface area contributed by atoms with E-state index >= 15 is 0 Å². The number of carbonyl (C=O) groups is 1. The number of benzene rings is 1. The van der Waals surface area contributed by atoms with Crippen LogP contribution in [0.2, 0.25) is 0 Å². The summed E-state index contributed by atoms with van der Waals surface area (Å²) in [6, 6.07) is 7.19. The molecule has 1 aromatic carbocycles. The lowest BCUT2D eigenvalue weighted by molar-refractivity contribution is 0.0527. The third-order valence-corrected chi connectivity index (χ3v) is 3.87. The van der Waals surface area contributed by atoms with Crippen LogP contribution >= 0.6 is 0 Å². The maximum absolute atomic E-state index is 12.1. The average molecular weight is 327 g/mol.